The third-order valence-electron chi connectivity index (χ3n) is 2.99. The number of rotatable bonds is 9. The van der Waals surface area contributed by atoms with Crippen LogP contribution in [0.3, 0.4) is 0 Å². The normalized spacial score (nSPS) is 14.7. The maximum atomic E-state index is 11.6. The molecule has 3 nitrogen and oxygen atoms in total. The van der Waals surface area contributed by atoms with E-state index in [-0.39, 0.29) is 5.97 Å². The summed E-state index contributed by atoms with van der Waals surface area (Å²) >= 11 is 1.97. The van der Waals surface area contributed by atoms with E-state index in [1.54, 1.807) is 0 Å². The van der Waals surface area contributed by atoms with Gasteiger partial charge in [0.1, 0.15) is 5.54 Å². The molecule has 0 radical (unpaired) electrons. The van der Waals surface area contributed by atoms with E-state index in [9.17, 15) is 4.79 Å². The van der Waals surface area contributed by atoms with Crippen LogP contribution >= 0.6 is 11.8 Å². The van der Waals surface area contributed by atoms with Crippen molar-refractivity contribution in [1.82, 2.24) is 5.32 Å². The van der Waals surface area contributed by atoms with Gasteiger partial charge in [0.05, 0.1) is 7.11 Å². The second-order valence-electron chi connectivity index (χ2n) is 4.97. The first-order valence-corrected chi connectivity index (χ1v) is 7.47. The number of carbonyl (C=O) groups is 1. The Hall–Kier alpha value is -0.220. The minimum Gasteiger partial charge on any atom is -0.468 e. The number of likely N-dealkylation sites (N-methyl/N-ethyl adjacent to an activating group) is 1. The van der Waals surface area contributed by atoms with E-state index >= 15 is 0 Å². The molecule has 1 atom stereocenters. The molecule has 0 aromatic heterocycles. The van der Waals surface area contributed by atoms with Crippen molar-refractivity contribution in [2.24, 2.45) is 5.92 Å². The molecule has 0 saturated carbocycles. The molecular formula is C13H27NO2S. The van der Waals surface area contributed by atoms with Crippen molar-refractivity contribution in [3.8, 4) is 0 Å². The first-order chi connectivity index (χ1) is 7.96. The van der Waals surface area contributed by atoms with Gasteiger partial charge in [0, 0.05) is 0 Å². The molecule has 1 unspecified atom stereocenters. The summed E-state index contributed by atoms with van der Waals surface area (Å²) in [6, 6.07) is 0. The van der Waals surface area contributed by atoms with Crippen LogP contribution in [0.1, 0.15) is 40.0 Å². The molecule has 0 bridgehead atoms. The SMILES string of the molecule is CNC(C)(CCCSCCC(C)C)C(=O)OC. The van der Waals surface area contributed by atoms with Gasteiger partial charge in [-0.3, -0.25) is 4.79 Å². The standard InChI is InChI=1S/C13H27NO2S/c1-11(2)7-10-17-9-6-8-13(3,14-4)12(15)16-5/h11,14H,6-10H2,1-5H3. The number of carbonyl (C=O) groups excluding carboxylic acids is 1. The molecule has 0 amide bonds. The summed E-state index contributed by atoms with van der Waals surface area (Å²) in [7, 11) is 3.25. The van der Waals surface area contributed by atoms with Gasteiger partial charge in [-0.2, -0.15) is 11.8 Å². The van der Waals surface area contributed by atoms with Gasteiger partial charge >= 0.3 is 5.97 Å². The molecule has 0 rings (SSSR count). The minimum absolute atomic E-state index is 0.174. The van der Waals surface area contributed by atoms with E-state index in [1.165, 1.54) is 19.3 Å². The monoisotopic (exact) mass is 261 g/mol. The lowest BCUT2D eigenvalue weighted by Crippen LogP contribution is -2.48. The van der Waals surface area contributed by atoms with Crippen LogP contribution in [-0.4, -0.2) is 37.2 Å². The maximum Gasteiger partial charge on any atom is 0.325 e. The Morgan fingerprint density at radius 1 is 1.41 bits per heavy atom. The van der Waals surface area contributed by atoms with Gasteiger partial charge in [-0.25, -0.2) is 0 Å². The van der Waals surface area contributed by atoms with Crippen molar-refractivity contribution >= 4 is 17.7 Å². The average Bonchev–Trinajstić information content (AvgIpc) is 2.31. The van der Waals surface area contributed by atoms with Crippen LogP contribution < -0.4 is 5.32 Å². The molecule has 0 saturated heterocycles. The van der Waals surface area contributed by atoms with Crippen molar-refractivity contribution < 1.29 is 9.53 Å². The number of methoxy groups -OCH3 is 1. The number of hydrogen-bond acceptors (Lipinski definition) is 4. The van der Waals surface area contributed by atoms with Gasteiger partial charge in [-0.1, -0.05) is 13.8 Å². The summed E-state index contributed by atoms with van der Waals surface area (Å²) in [6.45, 7) is 6.39. The van der Waals surface area contributed by atoms with Crippen molar-refractivity contribution in [2.45, 2.75) is 45.6 Å². The third kappa shape index (κ3) is 6.94. The van der Waals surface area contributed by atoms with Crippen LogP contribution in [-0.2, 0) is 9.53 Å². The van der Waals surface area contributed by atoms with E-state index < -0.39 is 5.54 Å². The summed E-state index contributed by atoms with van der Waals surface area (Å²) in [5.74, 6) is 2.93. The van der Waals surface area contributed by atoms with Crippen molar-refractivity contribution in [3.63, 3.8) is 0 Å². The summed E-state index contributed by atoms with van der Waals surface area (Å²) in [5.41, 5.74) is -0.534. The quantitative estimate of drug-likeness (QED) is 0.511. The Kier molecular flexibility index (Phi) is 8.70. The van der Waals surface area contributed by atoms with E-state index in [2.05, 4.69) is 19.2 Å². The predicted octanol–water partition coefficient (Wildman–Crippen LogP) is 2.70. The van der Waals surface area contributed by atoms with Crippen molar-refractivity contribution in [2.75, 3.05) is 25.7 Å². The van der Waals surface area contributed by atoms with E-state index in [1.807, 2.05) is 25.7 Å². The molecule has 102 valence electrons. The molecular weight excluding hydrogens is 234 g/mol. The zero-order valence-electron chi connectivity index (χ0n) is 11.8. The second kappa shape index (κ2) is 8.81. The summed E-state index contributed by atoms with van der Waals surface area (Å²) < 4.78 is 4.81. The number of ether oxygens (including phenoxy) is 1. The molecule has 0 aliphatic heterocycles. The Morgan fingerprint density at radius 2 is 2.06 bits per heavy atom. The van der Waals surface area contributed by atoms with Crippen LogP contribution in [0.5, 0.6) is 0 Å². The predicted molar refractivity (Wildman–Crippen MR) is 75.5 cm³/mol. The zero-order chi connectivity index (χ0) is 13.3. The lowest BCUT2D eigenvalue weighted by atomic mass is 9.97. The largest absolute Gasteiger partial charge is 0.468 e. The van der Waals surface area contributed by atoms with Gasteiger partial charge in [-0.15, -0.1) is 0 Å². The van der Waals surface area contributed by atoms with Crippen molar-refractivity contribution in [1.29, 1.82) is 0 Å². The number of hydrogen-bond donors (Lipinski definition) is 1. The van der Waals surface area contributed by atoms with Crippen LogP contribution in [0.4, 0.5) is 0 Å². The average molecular weight is 261 g/mol. The van der Waals surface area contributed by atoms with Gasteiger partial charge in [-0.05, 0) is 50.7 Å². The maximum absolute atomic E-state index is 11.6. The van der Waals surface area contributed by atoms with Crippen molar-refractivity contribution in [3.05, 3.63) is 0 Å². The first kappa shape index (κ1) is 16.8. The van der Waals surface area contributed by atoms with Gasteiger partial charge < -0.3 is 10.1 Å². The number of esters is 1. The van der Waals surface area contributed by atoms with Gasteiger partial charge in [0.2, 0.25) is 0 Å². The van der Waals surface area contributed by atoms with Crippen LogP contribution in [0.25, 0.3) is 0 Å². The molecule has 0 fully saturated rings. The number of nitrogens with one attached hydrogen (secondary N) is 1. The fourth-order valence-corrected chi connectivity index (χ4v) is 2.69. The molecule has 0 aromatic carbocycles. The Bertz CT molecular complexity index is 221. The molecule has 0 aliphatic rings. The topological polar surface area (TPSA) is 38.3 Å². The smallest absolute Gasteiger partial charge is 0.325 e. The van der Waals surface area contributed by atoms with Crippen LogP contribution in [0, 0.1) is 5.92 Å². The lowest BCUT2D eigenvalue weighted by molar-refractivity contribution is -0.148. The third-order valence-corrected chi connectivity index (χ3v) is 4.09. The van der Waals surface area contributed by atoms with E-state index in [0.717, 1.165) is 24.5 Å². The summed E-state index contributed by atoms with van der Waals surface area (Å²) in [5, 5.41) is 3.05. The minimum atomic E-state index is -0.534. The van der Waals surface area contributed by atoms with E-state index in [0.29, 0.717) is 0 Å². The first-order valence-electron chi connectivity index (χ1n) is 6.31. The van der Waals surface area contributed by atoms with E-state index in [4.69, 9.17) is 4.74 Å². The molecule has 0 aromatic rings. The fraction of sp³-hybridized carbons (Fsp3) is 0.923. The fourth-order valence-electron chi connectivity index (χ4n) is 1.50. The molecule has 0 aliphatic carbocycles. The summed E-state index contributed by atoms with van der Waals surface area (Å²) in [6.07, 6.45) is 3.13. The van der Waals surface area contributed by atoms with Gasteiger partial charge in [0.15, 0.2) is 0 Å². The molecule has 1 N–H and O–H groups in total. The molecule has 0 heterocycles. The highest BCUT2D eigenvalue weighted by Gasteiger charge is 2.31. The molecule has 0 spiro atoms. The Labute approximate surface area is 110 Å². The highest BCUT2D eigenvalue weighted by molar-refractivity contribution is 7.99. The number of thioether (sulfide) groups is 1. The van der Waals surface area contributed by atoms with Gasteiger partial charge in [0.25, 0.3) is 0 Å². The molecule has 17 heavy (non-hydrogen) atoms. The highest BCUT2D eigenvalue weighted by Crippen LogP contribution is 2.17. The summed E-state index contributed by atoms with van der Waals surface area (Å²) in [4.78, 5) is 11.6. The Balaban J connectivity index is 3.74. The zero-order valence-corrected chi connectivity index (χ0v) is 12.7. The highest BCUT2D eigenvalue weighted by atomic mass is 32.2. The Morgan fingerprint density at radius 3 is 2.53 bits per heavy atom. The van der Waals surface area contributed by atoms with Crippen LogP contribution in [0.15, 0.2) is 0 Å². The van der Waals surface area contributed by atoms with Crippen LogP contribution in [0.2, 0.25) is 0 Å². The second-order valence-corrected chi connectivity index (χ2v) is 6.20. The molecule has 4 heteroatoms. The lowest BCUT2D eigenvalue weighted by Gasteiger charge is -2.25.